The number of anilines is 1. The molecule has 6 amide bonds. The molecule has 0 unspecified atom stereocenters. The normalized spacial score (nSPS) is 15.2. The fourth-order valence-corrected chi connectivity index (χ4v) is 15.6. The van der Waals surface area contributed by atoms with Crippen LogP contribution in [0.25, 0.3) is 0 Å². The van der Waals surface area contributed by atoms with Crippen LogP contribution in [-0.2, 0) is 128 Å². The second kappa shape index (κ2) is 68.0. The third kappa shape index (κ3) is 44.4. The lowest BCUT2D eigenvalue weighted by molar-refractivity contribution is -0.149. The summed E-state index contributed by atoms with van der Waals surface area (Å²) in [5.41, 5.74) is 3.46. The molecule has 0 spiro atoms. The molecule has 1 aliphatic heterocycles. The Labute approximate surface area is 760 Å². The number of hydrogen-bond acceptors (Lipinski definition) is 26. The van der Waals surface area contributed by atoms with Crippen molar-refractivity contribution < 1.29 is 115 Å². The molecule has 1 fully saturated rings. The predicted octanol–water partition coefficient (Wildman–Crippen LogP) is 10.2. The highest BCUT2D eigenvalue weighted by Crippen LogP contribution is 2.33. The summed E-state index contributed by atoms with van der Waals surface area (Å²) in [4.78, 5) is 117. The number of aliphatic hydroxyl groups is 1. The first kappa shape index (κ1) is 113. The van der Waals surface area contributed by atoms with E-state index in [0.717, 1.165) is 11.4 Å². The van der Waals surface area contributed by atoms with Gasteiger partial charge in [0, 0.05) is 109 Å². The summed E-state index contributed by atoms with van der Waals surface area (Å²) in [5, 5.41) is 29.4. The maximum absolute atomic E-state index is 15.0. The molecule has 0 aliphatic carbocycles. The zero-order valence-corrected chi connectivity index (χ0v) is 79.1. The fraction of sp³-hybridized carbons (Fsp3) is 0.756. The molecule has 714 valence electrons. The minimum absolute atomic E-state index is 0. The van der Waals surface area contributed by atoms with Crippen LogP contribution in [0.5, 0.6) is 0 Å². The summed E-state index contributed by atoms with van der Waals surface area (Å²) in [5.74, 6) is -4.71. The Kier molecular flexibility index (Phi) is 61.5. The predicted molar refractivity (Wildman–Crippen MR) is 481 cm³/mol. The molecular formula is C90H151Br2N9O24. The number of halogens is 2. The van der Waals surface area contributed by atoms with Crippen molar-refractivity contribution in [1.82, 2.24) is 40.3 Å². The monoisotopic (exact) mass is 1900 g/mol. The summed E-state index contributed by atoms with van der Waals surface area (Å²) in [6, 6.07) is 13.3. The van der Waals surface area contributed by atoms with Gasteiger partial charge in [-0.25, -0.2) is 9.48 Å². The lowest BCUT2D eigenvalue weighted by Crippen LogP contribution is -2.55. The van der Waals surface area contributed by atoms with E-state index < -0.39 is 66.3 Å². The molecule has 11 atom stereocenters. The van der Waals surface area contributed by atoms with Crippen molar-refractivity contribution in [1.29, 1.82) is 0 Å². The SMILES string of the molecule is C.CC[C@H](C)[C@@H]([C@@H](CC(=O)N1CCC[C@H]1[C@H](OC)[C@@H](C)C(=O)N[C@H](C)[C@@H](O)c1ccccc1)OC)N(C)C(=O)[C@@H](CC(=O)[C@H](C(C)C)N(C)C(=O)OCc1ccc(NC(=O)[C@H](CCCCNC(=O)CCOCCOCCOCCOCCOCCOCCOCCOCCOCCOCCOCCOC)CC(=O)CCCn2nnc(CBr)c2CBr)cc1)C(C)C. The minimum Gasteiger partial charge on any atom is -0.445 e. The Bertz CT molecular complexity index is 3410. The highest BCUT2D eigenvalue weighted by molar-refractivity contribution is 9.09. The van der Waals surface area contributed by atoms with Gasteiger partial charge in [0.15, 0.2) is 5.78 Å². The van der Waals surface area contributed by atoms with Crippen molar-refractivity contribution in [3.63, 3.8) is 0 Å². The van der Waals surface area contributed by atoms with E-state index in [4.69, 9.17) is 71.1 Å². The number of nitrogens with zero attached hydrogens (tertiary/aromatic N) is 6. The maximum Gasteiger partial charge on any atom is 0.410 e. The first-order chi connectivity index (χ1) is 59.9. The van der Waals surface area contributed by atoms with Crippen LogP contribution in [0.2, 0.25) is 0 Å². The third-order valence-corrected chi connectivity index (χ3v) is 22.9. The quantitative estimate of drug-likeness (QED) is 0.0301. The lowest BCUT2D eigenvalue weighted by Gasteiger charge is -2.41. The van der Waals surface area contributed by atoms with Crippen LogP contribution in [0.4, 0.5) is 10.5 Å². The number of Topliss-reactive ketones (excluding diaryl/α,β-unsaturated/α-hetero) is 2. The van der Waals surface area contributed by atoms with Crippen molar-refractivity contribution in [2.24, 2.45) is 35.5 Å². The van der Waals surface area contributed by atoms with Gasteiger partial charge in [-0.15, -0.1) is 5.10 Å². The van der Waals surface area contributed by atoms with E-state index in [0.29, 0.717) is 237 Å². The molecule has 0 radical (unpaired) electrons. The molecule has 2 heterocycles. The molecule has 3 aromatic rings. The molecule has 2 aromatic carbocycles. The highest BCUT2D eigenvalue weighted by Gasteiger charge is 2.44. The molecule has 4 N–H and O–H groups in total. The molecular weight excluding hydrogens is 1750 g/mol. The largest absolute Gasteiger partial charge is 0.445 e. The van der Waals surface area contributed by atoms with Gasteiger partial charge in [0.1, 0.15) is 12.4 Å². The summed E-state index contributed by atoms with van der Waals surface area (Å²) in [7, 11) is 7.89. The van der Waals surface area contributed by atoms with Crippen molar-refractivity contribution in [3.05, 3.63) is 77.1 Å². The first-order valence-corrected chi connectivity index (χ1v) is 46.2. The minimum atomic E-state index is -0.957. The molecule has 1 saturated heterocycles. The molecule has 4 rings (SSSR count). The van der Waals surface area contributed by atoms with E-state index in [1.165, 1.54) is 26.2 Å². The number of amides is 6. The number of aliphatic hydroxyl groups excluding tert-OH is 1. The number of aromatic nitrogens is 3. The Hall–Kier alpha value is -6.10. The van der Waals surface area contributed by atoms with Gasteiger partial charge in [0.2, 0.25) is 29.5 Å². The van der Waals surface area contributed by atoms with Gasteiger partial charge in [0.25, 0.3) is 0 Å². The number of likely N-dealkylation sites (tertiary alicyclic amines) is 1. The van der Waals surface area contributed by atoms with E-state index in [-0.39, 0.29) is 112 Å². The van der Waals surface area contributed by atoms with Gasteiger partial charge >= 0.3 is 6.09 Å². The van der Waals surface area contributed by atoms with E-state index in [1.54, 1.807) is 78.9 Å². The summed E-state index contributed by atoms with van der Waals surface area (Å²) in [6.45, 7) is 26.3. The summed E-state index contributed by atoms with van der Waals surface area (Å²) >= 11 is 6.97. The zero-order chi connectivity index (χ0) is 90.8. The van der Waals surface area contributed by atoms with Crippen LogP contribution in [-0.4, -0.2) is 319 Å². The van der Waals surface area contributed by atoms with Gasteiger partial charge in [-0.05, 0) is 80.0 Å². The number of benzene rings is 2. The van der Waals surface area contributed by atoms with Crippen LogP contribution in [0, 0.1) is 35.5 Å². The number of methoxy groups -OCH3 is 3. The van der Waals surface area contributed by atoms with Crippen LogP contribution < -0.4 is 16.0 Å². The lowest BCUT2D eigenvalue weighted by atomic mass is 9.83. The second-order valence-electron chi connectivity index (χ2n) is 31.6. The van der Waals surface area contributed by atoms with Crippen molar-refractivity contribution >= 4 is 84.7 Å². The van der Waals surface area contributed by atoms with E-state index >= 15 is 0 Å². The van der Waals surface area contributed by atoms with Gasteiger partial charge in [0.05, 0.1) is 218 Å². The maximum atomic E-state index is 15.0. The van der Waals surface area contributed by atoms with E-state index in [1.807, 2.05) is 59.7 Å². The molecule has 1 aromatic heterocycles. The number of likely N-dealkylation sites (N-methyl/N-ethyl adjacent to an activating group) is 2. The Morgan fingerprint density at radius 3 is 1.61 bits per heavy atom. The van der Waals surface area contributed by atoms with Gasteiger partial charge < -0.3 is 107 Å². The van der Waals surface area contributed by atoms with Crippen LogP contribution >= 0.6 is 31.9 Å². The molecule has 33 nitrogen and oxygen atoms in total. The third-order valence-electron chi connectivity index (χ3n) is 21.8. The Morgan fingerprint density at radius 2 is 1.13 bits per heavy atom. The van der Waals surface area contributed by atoms with Crippen molar-refractivity contribution in [2.45, 2.75) is 206 Å². The Balaban J connectivity index is 0.0000403. The first-order valence-electron chi connectivity index (χ1n) is 44.0. The molecule has 0 saturated carbocycles. The number of alkyl halides is 2. The smallest absolute Gasteiger partial charge is 0.410 e. The van der Waals surface area contributed by atoms with Crippen LogP contribution in [0.3, 0.4) is 0 Å². The number of unbranched alkanes of at least 4 members (excludes halogenated alkanes) is 1. The Morgan fingerprint density at radius 1 is 0.600 bits per heavy atom. The number of carbonyl (C=O) groups is 8. The average molecular weight is 1900 g/mol. The molecule has 0 bridgehead atoms. The molecule has 1 aliphatic rings. The number of rotatable bonds is 74. The number of nitrogens with one attached hydrogen (secondary N) is 3. The standard InChI is InChI=1S/C89H147Br2N9O24.CH4/c1-14-66(6)83(79(111-12)60-81(104)99-33-21-26-76(99)85(112-13)67(7)86(106)93-68(8)84(105)70-22-16-15-17-23-70)97(9)88(108)74(64(2)3)59-78(102)82(65(4)5)98(10)89(109)124-63-69-27-29-72(30-28-69)94-87(107)71(58-73(101)25-20-34-100-77(62-91)75(61-90)95-96-100)24-18-19-32-92-80(103)31-35-113-38-39-115-42-43-117-46-47-119-50-51-121-54-55-123-57-56-122-53-52-120-49-48-118-45-44-116-41-40-114-37-36-110-11;/h15-17,22-23,27-30,64-68,71,74,76,79,82-85,105H,14,18-21,24-26,31-63H2,1-13H3,(H,92,103)(H,93,106)(H,94,107);1H4/t66-,67+,68+,71+,74-,76-,79+,82-,83-,84+,85+;/m0./s1. The van der Waals surface area contributed by atoms with Crippen molar-refractivity contribution in [2.75, 3.05) is 206 Å². The van der Waals surface area contributed by atoms with Gasteiger partial charge in [-0.2, -0.15) is 0 Å². The fourth-order valence-electron chi connectivity index (χ4n) is 14.6. The van der Waals surface area contributed by atoms with Crippen LogP contribution in [0.1, 0.15) is 168 Å². The number of aryl methyl sites for hydroxylation is 1. The molecule has 35 heteroatoms. The summed E-state index contributed by atoms with van der Waals surface area (Å²) in [6.07, 6.45) is 0.999. The van der Waals surface area contributed by atoms with E-state index in [9.17, 15) is 43.5 Å². The van der Waals surface area contributed by atoms with E-state index in [2.05, 4.69) is 58.1 Å². The molecule has 125 heavy (non-hydrogen) atoms. The topological polar surface area (TPSA) is 372 Å². The van der Waals surface area contributed by atoms with Crippen molar-refractivity contribution in [3.8, 4) is 0 Å². The number of hydrogen-bond donors (Lipinski definition) is 4. The van der Waals surface area contributed by atoms with Gasteiger partial charge in [-0.3, -0.25) is 33.6 Å². The number of ketones is 2. The number of carbonyl (C=O) groups excluding carboxylic acids is 8. The average Bonchev–Trinajstić information content (AvgIpc) is 1.78. The zero-order valence-electron chi connectivity index (χ0n) is 76.0. The second-order valence-corrected chi connectivity index (χ2v) is 32.8. The van der Waals surface area contributed by atoms with Crippen LogP contribution in [0.15, 0.2) is 54.6 Å². The van der Waals surface area contributed by atoms with Gasteiger partial charge in [-0.1, -0.05) is 148 Å². The number of ether oxygens (including phenoxy) is 15. The highest BCUT2D eigenvalue weighted by atomic mass is 79.9. The summed E-state index contributed by atoms with van der Waals surface area (Å²) < 4.78 is 85.3.